The van der Waals surface area contributed by atoms with E-state index in [1.54, 1.807) is 0 Å². The molecule has 1 fully saturated rings. The summed E-state index contributed by atoms with van der Waals surface area (Å²) in [6.45, 7) is -4.85. The maximum atomic E-state index is 11.6. The molecule has 0 spiro atoms. The third-order valence-corrected chi connectivity index (χ3v) is 8.39. The molecule has 4 N–H and O–H groups in total. The van der Waals surface area contributed by atoms with Crippen LogP contribution in [0.4, 0.5) is 0 Å². The quantitative estimate of drug-likeness (QED) is 0.0349. The number of thiol groups is 4. The minimum Gasteiger partial charge on any atom is -0.347 e. The van der Waals surface area contributed by atoms with Crippen molar-refractivity contribution in [3.8, 4) is 0 Å². The number of ether oxygens (including phenoxy) is 2. The summed E-state index contributed by atoms with van der Waals surface area (Å²) in [6.07, 6.45) is -22.0. The molecule has 1 saturated heterocycles. The van der Waals surface area contributed by atoms with Crippen LogP contribution in [0.3, 0.4) is 0 Å². The number of hydrogen-bond acceptors (Lipinski definition) is 26. The maximum Gasteiger partial charge on any atom is 0.397 e. The molecule has 0 unspecified atom stereocenters. The molecular weight excluding hydrogens is 869 g/mol. The van der Waals surface area contributed by atoms with Crippen LogP contribution in [-0.4, -0.2) is 154 Å². The molecule has 0 bridgehead atoms. The molecule has 0 aromatic heterocycles. The minimum atomic E-state index is -6.04. The fraction of sp³-hybridized carbons (Fsp3) is 1.00. The van der Waals surface area contributed by atoms with Gasteiger partial charge in [-0.05, 0) is 0 Å². The summed E-state index contributed by atoms with van der Waals surface area (Å²) in [6, 6.07) is 0. The summed E-state index contributed by atoms with van der Waals surface area (Å²) in [4.78, 5) is 0. The van der Waals surface area contributed by atoms with Crippen molar-refractivity contribution in [2.75, 3.05) is 19.8 Å². The Hall–Kier alpha value is -0.960. The second-order valence-corrected chi connectivity index (χ2v) is 15.0. The number of hydrogen-bond donors (Lipinski definition) is 8. The zero-order valence-electron chi connectivity index (χ0n) is 22.6. The van der Waals surface area contributed by atoms with Gasteiger partial charge in [-0.1, -0.05) is 0 Å². The van der Waals surface area contributed by atoms with Crippen molar-refractivity contribution >= 4 is 85.5 Å². The smallest absolute Gasteiger partial charge is 0.347 e. The Morgan fingerprint density at radius 2 is 1.12 bits per heavy atom. The van der Waals surface area contributed by atoms with Crippen LogP contribution in [0, 0.1) is 0 Å². The molecule has 0 aliphatic carbocycles. The van der Waals surface area contributed by atoms with Crippen LogP contribution in [0.2, 0.25) is 0 Å². The van der Waals surface area contributed by atoms with Crippen molar-refractivity contribution in [2.24, 2.45) is 0 Å². The first-order chi connectivity index (χ1) is 22.1. The molecule has 1 heterocycles. The molecule has 8 atom stereocenters. The predicted molar refractivity (Wildman–Crippen MR) is 143 cm³/mol. The Balaban J connectivity index is 3.80. The van der Waals surface area contributed by atoms with Crippen LogP contribution < -0.4 is 0 Å². The van der Waals surface area contributed by atoms with Gasteiger partial charge in [0.1, 0.15) is 36.6 Å². The van der Waals surface area contributed by atoms with E-state index in [0.717, 1.165) is 0 Å². The highest BCUT2D eigenvalue weighted by molar-refractivity contribution is 7.81. The SMILES string of the molecule is O=[SH](=O)O[C@@H]1[C@@H](OS(=O)(=O)O)[C@H](OC[C@@H](O[SH](=O)=O)[C@@H](O[SH](=O)=O)[C@H](OS(=O)(=O)O)[C@@H](COS(=O)(=O)O)OS(=O)(=O)O)OC[C@H]1O[SH](=O)=O. The van der Waals surface area contributed by atoms with Gasteiger partial charge in [-0.3, -0.25) is 34.9 Å². The van der Waals surface area contributed by atoms with Crippen LogP contribution in [0.15, 0.2) is 0 Å². The van der Waals surface area contributed by atoms with Gasteiger partial charge in [-0.15, -0.1) is 0 Å². The Morgan fingerprint density at radius 1 is 0.592 bits per heavy atom. The van der Waals surface area contributed by atoms with E-state index in [4.69, 9.17) is 23.1 Å². The van der Waals surface area contributed by atoms with Gasteiger partial charge in [0.25, 0.3) is 43.9 Å². The van der Waals surface area contributed by atoms with Gasteiger partial charge < -0.3 is 9.47 Å². The van der Waals surface area contributed by atoms with E-state index in [2.05, 4.69) is 33.5 Å². The van der Waals surface area contributed by atoms with Crippen molar-refractivity contribution < 1.29 is 128 Å². The monoisotopic (exact) mass is 890 g/mol. The maximum absolute atomic E-state index is 11.6. The highest BCUT2D eigenvalue weighted by Gasteiger charge is 2.49. The lowest BCUT2D eigenvalue weighted by Gasteiger charge is -2.39. The Bertz CT molecular complexity index is 1830. The van der Waals surface area contributed by atoms with E-state index in [1.807, 2.05) is 0 Å². The third kappa shape index (κ3) is 19.5. The van der Waals surface area contributed by atoms with Crippen molar-refractivity contribution in [2.45, 2.75) is 49.0 Å². The second-order valence-electron chi connectivity index (χ2n) is 8.11. The van der Waals surface area contributed by atoms with Crippen molar-refractivity contribution in [1.82, 2.24) is 0 Å². The van der Waals surface area contributed by atoms with Crippen LogP contribution in [0.25, 0.3) is 0 Å². The summed E-state index contributed by atoms with van der Waals surface area (Å²) < 4.78 is 261. The van der Waals surface area contributed by atoms with Gasteiger partial charge in [0, 0.05) is 0 Å². The van der Waals surface area contributed by atoms with E-state index in [-0.39, 0.29) is 0 Å². The lowest BCUT2D eigenvalue weighted by molar-refractivity contribution is -0.260. The lowest BCUT2D eigenvalue weighted by Crippen LogP contribution is -2.58. The van der Waals surface area contributed by atoms with Crippen LogP contribution >= 0.6 is 0 Å². The number of rotatable bonds is 23. The summed E-state index contributed by atoms with van der Waals surface area (Å²) in [5, 5.41) is 0. The molecule has 30 nitrogen and oxygen atoms in total. The molecule has 1 rings (SSSR count). The van der Waals surface area contributed by atoms with E-state index in [1.165, 1.54) is 0 Å². The Labute approximate surface area is 281 Å². The van der Waals surface area contributed by atoms with Crippen LogP contribution in [-0.2, 0) is 128 Å². The summed E-state index contributed by atoms with van der Waals surface area (Å²) >= 11 is 0. The molecule has 1 aliphatic rings. The summed E-state index contributed by atoms with van der Waals surface area (Å²) in [5.41, 5.74) is 0. The van der Waals surface area contributed by atoms with Crippen molar-refractivity contribution in [3.63, 3.8) is 0 Å². The lowest BCUT2D eigenvalue weighted by atomic mass is 10.0. The molecule has 0 aromatic rings. The fourth-order valence-corrected chi connectivity index (χ4v) is 6.93. The topological polar surface area (TPSA) is 446 Å². The third-order valence-electron chi connectivity index (χ3n) is 4.82. The van der Waals surface area contributed by atoms with Gasteiger partial charge >= 0.3 is 41.6 Å². The highest BCUT2D eigenvalue weighted by Crippen LogP contribution is 2.28. The first-order valence-electron chi connectivity index (χ1n) is 11.1. The average molecular weight is 891 g/mol. The van der Waals surface area contributed by atoms with Crippen molar-refractivity contribution in [1.29, 1.82) is 0 Å². The Kier molecular flexibility index (Phi) is 18.1. The molecule has 0 radical (unpaired) electrons. The fourth-order valence-electron chi connectivity index (χ4n) is 3.44. The minimum absolute atomic E-state index is 1.13. The van der Waals surface area contributed by atoms with Gasteiger partial charge in [0.15, 0.2) is 12.4 Å². The van der Waals surface area contributed by atoms with Crippen LogP contribution in [0.1, 0.15) is 0 Å². The molecule has 1 aliphatic heterocycles. The standard InChI is InChI=1S/C11H22O30S8/c12-42(13)35-4(1-32-11-10(41-49(29,30)31)8(38-45(18)19)5(2-33-11)36-43(14)15)7(37-44(16)17)9(40-48(26,27)28)6(39-47(23,24)25)3-34-46(20,21)22/h4-11,42-45H,1-3H2,(H,20,21,22)(H,23,24,25)(H,26,27,28)(H,29,30,31)/t4-,5-,6-,7-,8+,9-,10-,11-/m1/s1. The molecule has 0 saturated carbocycles. The molecule has 0 aromatic carbocycles. The normalized spacial score (nSPS) is 23.9. The predicted octanol–water partition coefficient (Wildman–Crippen LogP) is -7.61. The molecule has 49 heavy (non-hydrogen) atoms. The van der Waals surface area contributed by atoms with Gasteiger partial charge in [0.05, 0.1) is 19.8 Å². The molecular formula is C11H22O30S8. The average Bonchev–Trinajstić information content (AvgIpc) is 2.86. The van der Waals surface area contributed by atoms with Crippen LogP contribution in [0.5, 0.6) is 0 Å². The van der Waals surface area contributed by atoms with E-state index in [0.29, 0.717) is 0 Å². The first-order valence-corrected chi connectivity index (χ1v) is 21.0. The zero-order valence-corrected chi connectivity index (χ0v) is 29.4. The second kappa shape index (κ2) is 19.2. The van der Waals surface area contributed by atoms with E-state index in [9.17, 15) is 71.9 Å². The Morgan fingerprint density at radius 3 is 1.55 bits per heavy atom. The molecule has 38 heteroatoms. The molecule has 0 amide bonds. The first kappa shape index (κ1) is 46.1. The van der Waals surface area contributed by atoms with Gasteiger partial charge in [-0.25, -0.2) is 50.4 Å². The van der Waals surface area contributed by atoms with Gasteiger partial charge in [0.2, 0.25) is 0 Å². The zero-order chi connectivity index (χ0) is 38.1. The van der Waals surface area contributed by atoms with E-state index >= 15 is 0 Å². The van der Waals surface area contributed by atoms with Gasteiger partial charge in [-0.2, -0.15) is 33.7 Å². The largest absolute Gasteiger partial charge is 0.397 e. The highest BCUT2D eigenvalue weighted by atomic mass is 32.3. The van der Waals surface area contributed by atoms with Crippen molar-refractivity contribution in [3.05, 3.63) is 0 Å². The molecule has 294 valence electrons. The van der Waals surface area contributed by atoms with E-state index < -0.39 is 154 Å². The summed E-state index contributed by atoms with van der Waals surface area (Å²) in [5.74, 6) is 0. The summed E-state index contributed by atoms with van der Waals surface area (Å²) in [7, 11) is -40.1.